The molecule has 0 bridgehead atoms. The number of nitrogens with two attached hydrogens (primary N) is 1. The Balaban J connectivity index is 2.52. The van der Waals surface area contributed by atoms with Crippen LogP contribution in [-0.2, 0) is 0 Å². The quantitative estimate of drug-likeness (QED) is 0.651. The summed E-state index contributed by atoms with van der Waals surface area (Å²) in [6.07, 6.45) is 0. The topological polar surface area (TPSA) is 67.1 Å². The monoisotopic (exact) mass is 285 g/mol. The molecule has 0 radical (unpaired) electrons. The average molecular weight is 285 g/mol. The zero-order chi connectivity index (χ0) is 15.4. The molecule has 0 saturated heterocycles. The smallest absolute Gasteiger partial charge is 0.145 e. The summed E-state index contributed by atoms with van der Waals surface area (Å²) < 4.78 is 0. The Morgan fingerprint density at radius 2 is 1.95 bits per heavy atom. The summed E-state index contributed by atoms with van der Waals surface area (Å²) in [5.41, 5.74) is 4.99. The Labute approximate surface area is 126 Å². The highest BCUT2D eigenvalue weighted by atomic mass is 15.3. The number of hydrazine groups is 1. The molecule has 0 aliphatic rings. The van der Waals surface area contributed by atoms with E-state index in [2.05, 4.69) is 60.1 Å². The Bertz CT molecular complexity index is 609. The van der Waals surface area contributed by atoms with E-state index >= 15 is 0 Å². The Hall–Kier alpha value is -2.14. The van der Waals surface area contributed by atoms with Gasteiger partial charge in [0.25, 0.3) is 0 Å². The van der Waals surface area contributed by atoms with Crippen molar-refractivity contribution < 1.29 is 0 Å². The SMILES string of the molecule is CCN(c1cc(NN)nc(C(C)C)n1)c1ccccc1C. The van der Waals surface area contributed by atoms with Gasteiger partial charge in [0.15, 0.2) is 0 Å². The minimum Gasteiger partial charge on any atom is -0.326 e. The van der Waals surface area contributed by atoms with Crippen LogP contribution in [0.25, 0.3) is 0 Å². The molecule has 0 atom stereocenters. The highest BCUT2D eigenvalue weighted by Gasteiger charge is 2.15. The second kappa shape index (κ2) is 6.54. The molecule has 1 aromatic heterocycles. The lowest BCUT2D eigenvalue weighted by Gasteiger charge is -2.25. The molecule has 1 aromatic carbocycles. The maximum absolute atomic E-state index is 5.54. The third kappa shape index (κ3) is 3.31. The fourth-order valence-electron chi connectivity index (χ4n) is 2.25. The van der Waals surface area contributed by atoms with Crippen LogP contribution in [0.3, 0.4) is 0 Å². The van der Waals surface area contributed by atoms with Crippen molar-refractivity contribution in [3.8, 4) is 0 Å². The van der Waals surface area contributed by atoms with E-state index in [1.807, 2.05) is 18.2 Å². The van der Waals surface area contributed by atoms with Gasteiger partial charge in [0, 0.05) is 24.2 Å². The number of nitrogen functional groups attached to an aromatic ring is 1. The highest BCUT2D eigenvalue weighted by Crippen LogP contribution is 2.28. The van der Waals surface area contributed by atoms with Gasteiger partial charge in [-0.3, -0.25) is 0 Å². The van der Waals surface area contributed by atoms with Crippen molar-refractivity contribution in [2.24, 2.45) is 5.84 Å². The van der Waals surface area contributed by atoms with E-state index < -0.39 is 0 Å². The lowest BCUT2D eigenvalue weighted by Crippen LogP contribution is -2.21. The number of hydrogen-bond acceptors (Lipinski definition) is 5. The van der Waals surface area contributed by atoms with Gasteiger partial charge < -0.3 is 10.3 Å². The van der Waals surface area contributed by atoms with Crippen molar-refractivity contribution in [1.29, 1.82) is 0 Å². The predicted octanol–water partition coefficient (Wildman–Crippen LogP) is 3.35. The standard InChI is InChI=1S/C16H23N5/c1-5-21(13-9-7-6-8-12(13)4)15-10-14(20-17)18-16(19-15)11(2)3/h6-11H,5,17H2,1-4H3,(H,18,19,20). The summed E-state index contributed by atoms with van der Waals surface area (Å²) in [4.78, 5) is 11.3. The van der Waals surface area contributed by atoms with Crippen LogP contribution in [0.4, 0.5) is 17.3 Å². The van der Waals surface area contributed by atoms with E-state index in [4.69, 9.17) is 5.84 Å². The van der Waals surface area contributed by atoms with E-state index in [1.54, 1.807) is 0 Å². The first-order valence-electron chi connectivity index (χ1n) is 7.25. The zero-order valence-corrected chi connectivity index (χ0v) is 13.1. The van der Waals surface area contributed by atoms with Crippen LogP contribution in [0, 0.1) is 6.92 Å². The van der Waals surface area contributed by atoms with E-state index in [0.717, 1.165) is 23.9 Å². The fraction of sp³-hybridized carbons (Fsp3) is 0.375. The molecule has 5 heteroatoms. The Kier molecular flexibility index (Phi) is 4.75. The molecule has 0 aliphatic heterocycles. The van der Waals surface area contributed by atoms with E-state index in [9.17, 15) is 0 Å². The molecule has 0 amide bonds. The van der Waals surface area contributed by atoms with Crippen molar-refractivity contribution in [3.63, 3.8) is 0 Å². The molecule has 0 spiro atoms. The molecule has 0 saturated carbocycles. The molecule has 21 heavy (non-hydrogen) atoms. The van der Waals surface area contributed by atoms with Crippen LogP contribution in [0.1, 0.15) is 38.1 Å². The summed E-state index contributed by atoms with van der Waals surface area (Å²) in [6.45, 7) is 9.18. The van der Waals surface area contributed by atoms with Crippen LogP contribution in [0.5, 0.6) is 0 Å². The van der Waals surface area contributed by atoms with Crippen LogP contribution in [0.15, 0.2) is 30.3 Å². The molecule has 2 rings (SSSR count). The summed E-state index contributed by atoms with van der Waals surface area (Å²) in [7, 11) is 0. The van der Waals surface area contributed by atoms with Gasteiger partial charge in [-0.2, -0.15) is 0 Å². The van der Waals surface area contributed by atoms with E-state index in [0.29, 0.717) is 5.82 Å². The highest BCUT2D eigenvalue weighted by molar-refractivity contribution is 5.65. The second-order valence-corrected chi connectivity index (χ2v) is 5.30. The van der Waals surface area contributed by atoms with Gasteiger partial charge in [0.2, 0.25) is 0 Å². The molecule has 1 heterocycles. The molecule has 0 aliphatic carbocycles. The number of anilines is 3. The van der Waals surface area contributed by atoms with Gasteiger partial charge in [-0.15, -0.1) is 0 Å². The van der Waals surface area contributed by atoms with Gasteiger partial charge in [0.05, 0.1) is 0 Å². The maximum atomic E-state index is 5.54. The van der Waals surface area contributed by atoms with Crippen molar-refractivity contribution in [1.82, 2.24) is 9.97 Å². The number of rotatable bonds is 5. The second-order valence-electron chi connectivity index (χ2n) is 5.30. The third-order valence-electron chi connectivity index (χ3n) is 3.39. The molecule has 0 unspecified atom stereocenters. The van der Waals surface area contributed by atoms with Crippen LogP contribution in [0.2, 0.25) is 0 Å². The van der Waals surface area contributed by atoms with Crippen LogP contribution >= 0.6 is 0 Å². The maximum Gasteiger partial charge on any atom is 0.145 e. The zero-order valence-electron chi connectivity index (χ0n) is 13.1. The number of aromatic nitrogens is 2. The first kappa shape index (κ1) is 15.3. The molecule has 112 valence electrons. The Morgan fingerprint density at radius 1 is 1.24 bits per heavy atom. The van der Waals surface area contributed by atoms with Gasteiger partial charge in [0.1, 0.15) is 17.5 Å². The largest absolute Gasteiger partial charge is 0.326 e. The number of nitrogens with zero attached hydrogens (tertiary/aromatic N) is 3. The minimum atomic E-state index is 0.243. The number of aryl methyl sites for hydroxylation is 1. The number of benzene rings is 1. The van der Waals surface area contributed by atoms with Gasteiger partial charge in [-0.1, -0.05) is 32.0 Å². The summed E-state index contributed by atoms with van der Waals surface area (Å²) in [5, 5.41) is 0. The predicted molar refractivity (Wildman–Crippen MR) is 87.8 cm³/mol. The normalized spacial score (nSPS) is 10.8. The van der Waals surface area contributed by atoms with Crippen molar-refractivity contribution in [3.05, 3.63) is 41.7 Å². The first-order valence-corrected chi connectivity index (χ1v) is 7.25. The number of para-hydroxylation sites is 1. The molecule has 0 fully saturated rings. The van der Waals surface area contributed by atoms with Gasteiger partial charge >= 0.3 is 0 Å². The number of nitrogens with one attached hydrogen (secondary N) is 1. The molecular formula is C16H23N5. The molecule has 5 nitrogen and oxygen atoms in total. The average Bonchev–Trinajstić information content (AvgIpc) is 2.49. The summed E-state index contributed by atoms with van der Waals surface area (Å²) in [6, 6.07) is 10.2. The van der Waals surface area contributed by atoms with Crippen LogP contribution in [-0.4, -0.2) is 16.5 Å². The first-order chi connectivity index (χ1) is 10.1. The fourth-order valence-corrected chi connectivity index (χ4v) is 2.25. The lowest BCUT2D eigenvalue weighted by molar-refractivity contribution is 0.769. The van der Waals surface area contributed by atoms with Gasteiger partial charge in [-0.25, -0.2) is 15.8 Å². The molecule has 2 aromatic rings. The van der Waals surface area contributed by atoms with E-state index in [1.165, 1.54) is 5.56 Å². The van der Waals surface area contributed by atoms with Crippen molar-refractivity contribution in [2.75, 3.05) is 16.9 Å². The third-order valence-corrected chi connectivity index (χ3v) is 3.39. The van der Waals surface area contributed by atoms with E-state index in [-0.39, 0.29) is 5.92 Å². The summed E-state index contributed by atoms with van der Waals surface area (Å²) >= 11 is 0. The number of hydrogen-bond donors (Lipinski definition) is 2. The Morgan fingerprint density at radius 3 is 2.52 bits per heavy atom. The minimum absolute atomic E-state index is 0.243. The van der Waals surface area contributed by atoms with Crippen molar-refractivity contribution >= 4 is 17.3 Å². The summed E-state index contributed by atoms with van der Waals surface area (Å²) in [5.74, 6) is 8.06. The van der Waals surface area contributed by atoms with Crippen LogP contribution < -0.4 is 16.2 Å². The van der Waals surface area contributed by atoms with Crippen molar-refractivity contribution in [2.45, 2.75) is 33.6 Å². The lowest BCUT2D eigenvalue weighted by atomic mass is 10.1. The van der Waals surface area contributed by atoms with Gasteiger partial charge in [-0.05, 0) is 25.5 Å². The molecule has 3 N–H and O–H groups in total. The molecular weight excluding hydrogens is 262 g/mol.